The standard InChI is InChI=1S/C14H17BrO2/c15-10-5-6-13-11(7-10)12(16)8-14(17-13)9-3-1-2-4-9/h5-7,9,12,14,16H,1-4,8H2/t12-,14?/m1/s1. The summed E-state index contributed by atoms with van der Waals surface area (Å²) < 4.78 is 7.06. The van der Waals surface area contributed by atoms with E-state index in [1.165, 1.54) is 25.7 Å². The molecule has 0 saturated heterocycles. The van der Waals surface area contributed by atoms with Gasteiger partial charge in [0, 0.05) is 16.5 Å². The number of fused-ring (bicyclic) bond motifs is 1. The lowest BCUT2D eigenvalue weighted by atomic mass is 9.90. The van der Waals surface area contributed by atoms with Crippen LogP contribution in [0.4, 0.5) is 0 Å². The minimum absolute atomic E-state index is 0.209. The largest absolute Gasteiger partial charge is 0.490 e. The van der Waals surface area contributed by atoms with Crippen LogP contribution in [0.5, 0.6) is 5.75 Å². The first-order valence-corrected chi connectivity index (χ1v) is 7.17. The molecule has 3 heteroatoms. The van der Waals surface area contributed by atoms with Crippen LogP contribution < -0.4 is 4.74 Å². The zero-order valence-corrected chi connectivity index (χ0v) is 11.3. The Morgan fingerprint density at radius 2 is 2.00 bits per heavy atom. The molecule has 1 saturated carbocycles. The summed E-state index contributed by atoms with van der Waals surface area (Å²) in [7, 11) is 0. The molecule has 1 aliphatic heterocycles. The fourth-order valence-electron chi connectivity index (χ4n) is 3.06. The van der Waals surface area contributed by atoms with Crippen LogP contribution in [-0.2, 0) is 0 Å². The average Bonchev–Trinajstić information content (AvgIpc) is 2.83. The van der Waals surface area contributed by atoms with E-state index in [0.717, 1.165) is 22.2 Å². The Hall–Kier alpha value is -0.540. The van der Waals surface area contributed by atoms with Gasteiger partial charge in [0.25, 0.3) is 0 Å². The Kier molecular flexibility index (Phi) is 3.14. The zero-order valence-electron chi connectivity index (χ0n) is 9.73. The molecule has 1 aromatic rings. The van der Waals surface area contributed by atoms with Crippen molar-refractivity contribution in [2.24, 2.45) is 5.92 Å². The second kappa shape index (κ2) is 4.62. The SMILES string of the molecule is O[C@@H]1CC(C2CCCC2)Oc2ccc(Br)cc21. The van der Waals surface area contributed by atoms with Gasteiger partial charge in [0.05, 0.1) is 6.10 Å². The quantitative estimate of drug-likeness (QED) is 0.853. The van der Waals surface area contributed by atoms with E-state index in [1.807, 2.05) is 18.2 Å². The van der Waals surface area contributed by atoms with Crippen LogP contribution in [-0.4, -0.2) is 11.2 Å². The summed E-state index contributed by atoms with van der Waals surface area (Å²) in [6.07, 6.45) is 5.71. The third kappa shape index (κ3) is 2.23. The number of aliphatic hydroxyl groups is 1. The number of aliphatic hydroxyl groups excluding tert-OH is 1. The molecule has 2 nitrogen and oxygen atoms in total. The van der Waals surface area contributed by atoms with Crippen LogP contribution in [0, 0.1) is 5.92 Å². The fourth-order valence-corrected chi connectivity index (χ4v) is 3.44. The first kappa shape index (κ1) is 11.5. The molecule has 1 aromatic carbocycles. The maximum Gasteiger partial charge on any atom is 0.125 e. The van der Waals surface area contributed by atoms with Gasteiger partial charge in [-0.3, -0.25) is 0 Å². The predicted molar refractivity (Wildman–Crippen MR) is 70.1 cm³/mol. The van der Waals surface area contributed by atoms with Crippen molar-refractivity contribution in [1.82, 2.24) is 0 Å². The number of ether oxygens (including phenoxy) is 1. The number of rotatable bonds is 1. The van der Waals surface area contributed by atoms with Crippen molar-refractivity contribution in [2.45, 2.75) is 44.3 Å². The topological polar surface area (TPSA) is 29.5 Å². The van der Waals surface area contributed by atoms with Crippen LogP contribution in [0.15, 0.2) is 22.7 Å². The van der Waals surface area contributed by atoms with Gasteiger partial charge in [-0.25, -0.2) is 0 Å². The van der Waals surface area contributed by atoms with Crippen molar-refractivity contribution in [3.63, 3.8) is 0 Å². The Bertz CT molecular complexity index is 413. The smallest absolute Gasteiger partial charge is 0.125 e. The highest BCUT2D eigenvalue weighted by Crippen LogP contribution is 2.41. The molecule has 0 spiro atoms. The van der Waals surface area contributed by atoms with Crippen molar-refractivity contribution >= 4 is 15.9 Å². The lowest BCUT2D eigenvalue weighted by molar-refractivity contribution is 0.0355. The maximum absolute atomic E-state index is 10.2. The first-order chi connectivity index (χ1) is 8.24. The molecule has 0 bridgehead atoms. The van der Waals surface area contributed by atoms with Gasteiger partial charge in [-0.1, -0.05) is 28.8 Å². The van der Waals surface area contributed by atoms with Crippen molar-refractivity contribution in [1.29, 1.82) is 0 Å². The predicted octanol–water partition coefficient (Wildman–Crippen LogP) is 3.82. The van der Waals surface area contributed by atoms with Crippen molar-refractivity contribution < 1.29 is 9.84 Å². The van der Waals surface area contributed by atoms with Crippen molar-refractivity contribution in [3.8, 4) is 5.75 Å². The number of halogens is 1. The molecule has 1 N–H and O–H groups in total. The van der Waals surface area contributed by atoms with E-state index < -0.39 is 0 Å². The van der Waals surface area contributed by atoms with Gasteiger partial charge in [0.2, 0.25) is 0 Å². The van der Waals surface area contributed by atoms with E-state index in [2.05, 4.69) is 15.9 Å². The molecule has 0 aromatic heterocycles. The Morgan fingerprint density at radius 3 is 2.76 bits per heavy atom. The first-order valence-electron chi connectivity index (χ1n) is 6.38. The molecule has 2 aliphatic rings. The highest BCUT2D eigenvalue weighted by Gasteiger charge is 2.33. The maximum atomic E-state index is 10.2. The van der Waals surface area contributed by atoms with Gasteiger partial charge < -0.3 is 9.84 Å². The van der Waals surface area contributed by atoms with Crippen molar-refractivity contribution in [2.75, 3.05) is 0 Å². The van der Waals surface area contributed by atoms with Gasteiger partial charge in [-0.2, -0.15) is 0 Å². The fraction of sp³-hybridized carbons (Fsp3) is 0.571. The van der Waals surface area contributed by atoms with Crippen molar-refractivity contribution in [3.05, 3.63) is 28.2 Å². The summed E-state index contributed by atoms with van der Waals surface area (Å²) in [5.74, 6) is 1.50. The molecule has 2 atom stereocenters. The van der Waals surface area contributed by atoms with Crippen LogP contribution in [0.25, 0.3) is 0 Å². The molecule has 1 aliphatic carbocycles. The molecule has 1 fully saturated rings. The molecule has 3 rings (SSSR count). The number of hydrogen-bond donors (Lipinski definition) is 1. The van der Waals surface area contributed by atoms with E-state index in [4.69, 9.17) is 4.74 Å². The van der Waals surface area contributed by atoms with E-state index in [1.54, 1.807) is 0 Å². The molecule has 1 heterocycles. The van der Waals surface area contributed by atoms with Crippen LogP contribution in [0.1, 0.15) is 43.8 Å². The van der Waals surface area contributed by atoms with Gasteiger partial charge in [0.1, 0.15) is 11.9 Å². The minimum Gasteiger partial charge on any atom is -0.490 e. The summed E-state index contributed by atoms with van der Waals surface area (Å²) in [5.41, 5.74) is 0.925. The summed E-state index contributed by atoms with van der Waals surface area (Å²) >= 11 is 3.43. The third-order valence-corrected chi connectivity index (χ3v) is 4.48. The van der Waals surface area contributed by atoms with Gasteiger partial charge in [-0.05, 0) is 37.0 Å². The van der Waals surface area contributed by atoms with E-state index in [-0.39, 0.29) is 12.2 Å². The van der Waals surface area contributed by atoms with Crippen LogP contribution >= 0.6 is 15.9 Å². The molecule has 1 unspecified atom stereocenters. The molecule has 0 amide bonds. The average molecular weight is 297 g/mol. The Balaban J connectivity index is 1.84. The molecule has 17 heavy (non-hydrogen) atoms. The molecular formula is C14H17BrO2. The number of hydrogen-bond acceptors (Lipinski definition) is 2. The zero-order chi connectivity index (χ0) is 11.8. The normalized spacial score (nSPS) is 28.8. The highest BCUT2D eigenvalue weighted by atomic mass is 79.9. The van der Waals surface area contributed by atoms with Crippen LogP contribution in [0.3, 0.4) is 0 Å². The second-order valence-corrected chi connectivity index (χ2v) is 6.05. The molecule has 0 radical (unpaired) electrons. The number of benzene rings is 1. The summed E-state index contributed by atoms with van der Waals surface area (Å²) in [4.78, 5) is 0. The lowest BCUT2D eigenvalue weighted by Crippen LogP contribution is -2.31. The van der Waals surface area contributed by atoms with Gasteiger partial charge >= 0.3 is 0 Å². The van der Waals surface area contributed by atoms with E-state index in [0.29, 0.717) is 5.92 Å². The van der Waals surface area contributed by atoms with Crippen LogP contribution in [0.2, 0.25) is 0 Å². The third-order valence-electron chi connectivity index (χ3n) is 3.99. The second-order valence-electron chi connectivity index (χ2n) is 5.13. The highest BCUT2D eigenvalue weighted by molar-refractivity contribution is 9.10. The monoisotopic (exact) mass is 296 g/mol. The van der Waals surface area contributed by atoms with E-state index in [9.17, 15) is 5.11 Å². The van der Waals surface area contributed by atoms with Gasteiger partial charge in [-0.15, -0.1) is 0 Å². The Labute approximate surface area is 110 Å². The summed E-state index contributed by atoms with van der Waals surface area (Å²) in [5, 5.41) is 10.2. The lowest BCUT2D eigenvalue weighted by Gasteiger charge is -2.33. The molecular weight excluding hydrogens is 280 g/mol. The Morgan fingerprint density at radius 1 is 1.24 bits per heavy atom. The summed E-state index contributed by atoms with van der Waals surface area (Å²) in [6.45, 7) is 0. The minimum atomic E-state index is -0.373. The van der Waals surface area contributed by atoms with Gasteiger partial charge in [0.15, 0.2) is 0 Å². The van der Waals surface area contributed by atoms with E-state index >= 15 is 0 Å². The summed E-state index contributed by atoms with van der Waals surface area (Å²) in [6, 6.07) is 5.90. The molecule has 92 valence electrons.